The molecule has 0 amide bonds. The Hall–Kier alpha value is -0.0800. The average molecular weight is 228 g/mol. The molecule has 16 heavy (non-hydrogen) atoms. The van der Waals surface area contributed by atoms with Crippen LogP contribution in [0.25, 0.3) is 0 Å². The van der Waals surface area contributed by atoms with E-state index in [0.717, 1.165) is 12.5 Å². The van der Waals surface area contributed by atoms with Gasteiger partial charge in [0.1, 0.15) is 0 Å². The summed E-state index contributed by atoms with van der Waals surface area (Å²) in [6, 6.07) is 0. The summed E-state index contributed by atoms with van der Waals surface area (Å²) in [5.74, 6) is 0.846. The molecule has 0 aromatic carbocycles. The monoisotopic (exact) mass is 228 g/mol. The molecule has 2 nitrogen and oxygen atoms in total. The fourth-order valence-corrected chi connectivity index (χ4v) is 1.97. The summed E-state index contributed by atoms with van der Waals surface area (Å²) in [6.45, 7) is 15.2. The van der Waals surface area contributed by atoms with E-state index in [2.05, 4.69) is 37.9 Å². The van der Waals surface area contributed by atoms with Crippen molar-refractivity contribution >= 4 is 0 Å². The highest BCUT2D eigenvalue weighted by atomic mass is 15.1. The number of nitrogens with one attached hydrogen (secondary N) is 1. The first-order chi connectivity index (χ1) is 7.70. The van der Waals surface area contributed by atoms with Crippen LogP contribution in [0.3, 0.4) is 0 Å². The molecule has 0 saturated heterocycles. The first kappa shape index (κ1) is 15.9. The van der Waals surface area contributed by atoms with Crippen LogP contribution >= 0.6 is 0 Å². The molecule has 0 atom stereocenters. The van der Waals surface area contributed by atoms with Gasteiger partial charge in [-0.25, -0.2) is 0 Å². The van der Waals surface area contributed by atoms with E-state index in [1.807, 2.05) is 0 Å². The van der Waals surface area contributed by atoms with Crippen molar-refractivity contribution in [2.24, 2.45) is 5.92 Å². The largest absolute Gasteiger partial charge is 0.315 e. The minimum absolute atomic E-state index is 0.846. The first-order valence-corrected chi connectivity index (χ1v) is 7.13. The highest BCUT2D eigenvalue weighted by Crippen LogP contribution is 2.01. The zero-order valence-corrected chi connectivity index (χ0v) is 11.9. The van der Waals surface area contributed by atoms with E-state index in [1.165, 1.54) is 51.9 Å². The van der Waals surface area contributed by atoms with Crippen LogP contribution in [0.1, 0.15) is 53.4 Å². The van der Waals surface area contributed by atoms with Gasteiger partial charge in [-0.15, -0.1) is 0 Å². The Morgan fingerprint density at radius 1 is 0.938 bits per heavy atom. The maximum atomic E-state index is 3.55. The number of rotatable bonds is 11. The smallest absolute Gasteiger partial charge is 0.0107 e. The molecule has 0 fully saturated rings. The first-order valence-electron chi connectivity index (χ1n) is 7.13. The van der Waals surface area contributed by atoms with Crippen molar-refractivity contribution in [1.82, 2.24) is 10.2 Å². The maximum absolute atomic E-state index is 3.55. The summed E-state index contributed by atoms with van der Waals surface area (Å²) in [6.07, 6.45) is 5.21. The van der Waals surface area contributed by atoms with Crippen LogP contribution < -0.4 is 5.32 Å². The third-order valence-electron chi connectivity index (χ3n) is 2.82. The van der Waals surface area contributed by atoms with Gasteiger partial charge in [-0.3, -0.25) is 0 Å². The average Bonchev–Trinajstić information content (AvgIpc) is 2.23. The fourth-order valence-electron chi connectivity index (χ4n) is 1.97. The van der Waals surface area contributed by atoms with Crippen LogP contribution in [0.4, 0.5) is 0 Å². The summed E-state index contributed by atoms with van der Waals surface area (Å²) >= 11 is 0. The van der Waals surface area contributed by atoms with E-state index in [0.29, 0.717) is 0 Å². The van der Waals surface area contributed by atoms with E-state index < -0.39 is 0 Å². The zero-order chi connectivity index (χ0) is 12.2. The Bertz CT molecular complexity index is 129. The summed E-state index contributed by atoms with van der Waals surface area (Å²) in [4.78, 5) is 2.56. The number of nitrogens with zero attached hydrogens (tertiary/aromatic N) is 1. The second kappa shape index (κ2) is 11.4. The lowest BCUT2D eigenvalue weighted by Crippen LogP contribution is -2.33. The highest BCUT2D eigenvalue weighted by Gasteiger charge is 2.01. The van der Waals surface area contributed by atoms with Gasteiger partial charge in [0.2, 0.25) is 0 Å². The zero-order valence-electron chi connectivity index (χ0n) is 11.9. The van der Waals surface area contributed by atoms with E-state index >= 15 is 0 Å². The van der Waals surface area contributed by atoms with Gasteiger partial charge >= 0.3 is 0 Å². The molecular weight excluding hydrogens is 196 g/mol. The molecule has 0 aliphatic rings. The van der Waals surface area contributed by atoms with Gasteiger partial charge < -0.3 is 10.2 Å². The van der Waals surface area contributed by atoms with E-state index in [1.54, 1.807) is 0 Å². The minimum Gasteiger partial charge on any atom is -0.315 e. The van der Waals surface area contributed by atoms with Crippen LogP contribution in [0.15, 0.2) is 0 Å². The SMILES string of the molecule is CCCN(CCC)CCNCCCC(C)C. The quantitative estimate of drug-likeness (QED) is 0.547. The Kier molecular flexibility index (Phi) is 11.3. The van der Waals surface area contributed by atoms with Crippen molar-refractivity contribution in [3.8, 4) is 0 Å². The molecule has 0 rings (SSSR count). The van der Waals surface area contributed by atoms with Crippen molar-refractivity contribution in [2.45, 2.75) is 53.4 Å². The maximum Gasteiger partial charge on any atom is 0.0107 e. The van der Waals surface area contributed by atoms with Crippen LogP contribution in [0, 0.1) is 5.92 Å². The van der Waals surface area contributed by atoms with Crippen LogP contribution in [0.2, 0.25) is 0 Å². The number of hydrogen-bond donors (Lipinski definition) is 1. The van der Waals surface area contributed by atoms with E-state index in [9.17, 15) is 0 Å². The molecule has 0 saturated carbocycles. The van der Waals surface area contributed by atoms with Gasteiger partial charge in [-0.05, 0) is 51.2 Å². The molecule has 98 valence electrons. The third kappa shape index (κ3) is 10.4. The van der Waals surface area contributed by atoms with Gasteiger partial charge in [0.15, 0.2) is 0 Å². The fraction of sp³-hybridized carbons (Fsp3) is 1.00. The Labute approximate surface area is 103 Å². The molecule has 0 aliphatic heterocycles. The number of hydrogen-bond acceptors (Lipinski definition) is 2. The molecule has 1 N–H and O–H groups in total. The van der Waals surface area contributed by atoms with E-state index in [-0.39, 0.29) is 0 Å². The van der Waals surface area contributed by atoms with Crippen molar-refractivity contribution in [2.75, 3.05) is 32.7 Å². The second-order valence-corrected chi connectivity index (χ2v) is 5.13. The van der Waals surface area contributed by atoms with Crippen LogP contribution in [-0.4, -0.2) is 37.6 Å². The molecule has 0 radical (unpaired) electrons. The predicted octanol–water partition coefficient (Wildman–Crippen LogP) is 3.13. The molecular formula is C14H32N2. The molecule has 0 aromatic heterocycles. The van der Waals surface area contributed by atoms with E-state index in [4.69, 9.17) is 0 Å². The highest BCUT2D eigenvalue weighted by molar-refractivity contribution is 4.59. The van der Waals surface area contributed by atoms with Crippen molar-refractivity contribution < 1.29 is 0 Å². The lowest BCUT2D eigenvalue weighted by Gasteiger charge is -2.21. The van der Waals surface area contributed by atoms with Gasteiger partial charge in [0, 0.05) is 13.1 Å². The summed E-state index contributed by atoms with van der Waals surface area (Å²) in [5.41, 5.74) is 0. The third-order valence-corrected chi connectivity index (χ3v) is 2.82. The van der Waals surface area contributed by atoms with Gasteiger partial charge in [-0.2, -0.15) is 0 Å². The summed E-state index contributed by atoms with van der Waals surface area (Å²) in [5, 5.41) is 3.55. The Morgan fingerprint density at radius 2 is 1.56 bits per heavy atom. The Morgan fingerprint density at radius 3 is 2.06 bits per heavy atom. The van der Waals surface area contributed by atoms with Crippen molar-refractivity contribution in [3.05, 3.63) is 0 Å². The molecule has 0 spiro atoms. The van der Waals surface area contributed by atoms with Crippen LogP contribution in [0.5, 0.6) is 0 Å². The van der Waals surface area contributed by atoms with Gasteiger partial charge in [-0.1, -0.05) is 27.7 Å². The topological polar surface area (TPSA) is 15.3 Å². The molecule has 0 bridgehead atoms. The molecule has 2 heteroatoms. The molecule has 0 aromatic rings. The van der Waals surface area contributed by atoms with Crippen LogP contribution in [-0.2, 0) is 0 Å². The van der Waals surface area contributed by atoms with Gasteiger partial charge in [0.25, 0.3) is 0 Å². The Balaban J connectivity index is 3.32. The lowest BCUT2D eigenvalue weighted by atomic mass is 10.1. The molecule has 0 heterocycles. The van der Waals surface area contributed by atoms with Crippen molar-refractivity contribution in [1.29, 1.82) is 0 Å². The standard InChI is InChI=1S/C14H32N2/c1-5-11-16(12-6-2)13-10-15-9-7-8-14(3)4/h14-15H,5-13H2,1-4H3. The summed E-state index contributed by atoms with van der Waals surface area (Å²) < 4.78 is 0. The molecule has 0 unspecified atom stereocenters. The lowest BCUT2D eigenvalue weighted by molar-refractivity contribution is 0.274. The second-order valence-electron chi connectivity index (χ2n) is 5.13. The van der Waals surface area contributed by atoms with Crippen molar-refractivity contribution in [3.63, 3.8) is 0 Å². The van der Waals surface area contributed by atoms with Gasteiger partial charge in [0.05, 0.1) is 0 Å². The molecule has 0 aliphatic carbocycles. The predicted molar refractivity (Wildman–Crippen MR) is 74.0 cm³/mol. The normalized spacial score (nSPS) is 11.6. The summed E-state index contributed by atoms with van der Waals surface area (Å²) in [7, 11) is 0. The minimum atomic E-state index is 0.846.